The van der Waals surface area contributed by atoms with Gasteiger partial charge in [0.05, 0.1) is 12.6 Å². The molecule has 11 N–H and O–H groups in total. The van der Waals surface area contributed by atoms with E-state index in [1.54, 1.807) is 0 Å². The standard InChI is InChI=1S/C26H40N4O18/c1-6(32)27-11-12(28-7(2)33)25(45-18-14(30-9(4)35)24(43)44-10(5-31)15(18)36)48-21(23(41)42)19(11)46-26-13(29-8(3)34)16(37)17(38)20(47-26)22(39)40/h10-21,24-26,31,36-38,43H,5H2,1-4H3,(H,27,32)(H,28,33)(H,29,34)(H,30,35)(H,39,40)(H,41,42)/t10-,11-,12-,13+,14-,15-,16-,17+,18-,19+,20+,21+,24-,25-,26-/m1/s1. The molecule has 3 aliphatic heterocycles. The summed E-state index contributed by atoms with van der Waals surface area (Å²) in [5.74, 6) is -6.70. The van der Waals surface area contributed by atoms with Crippen molar-refractivity contribution in [1.82, 2.24) is 21.3 Å². The van der Waals surface area contributed by atoms with Crippen molar-refractivity contribution in [3.63, 3.8) is 0 Å². The molecule has 3 heterocycles. The number of nitrogens with one attached hydrogen (secondary N) is 4. The van der Waals surface area contributed by atoms with Gasteiger partial charge in [0.2, 0.25) is 23.6 Å². The van der Waals surface area contributed by atoms with Crippen molar-refractivity contribution in [2.75, 3.05) is 6.61 Å². The van der Waals surface area contributed by atoms with E-state index in [1.165, 1.54) is 0 Å². The van der Waals surface area contributed by atoms with Crippen molar-refractivity contribution in [3.05, 3.63) is 0 Å². The number of carbonyl (C=O) groups is 6. The van der Waals surface area contributed by atoms with Gasteiger partial charge < -0.3 is 80.7 Å². The Morgan fingerprint density at radius 1 is 0.562 bits per heavy atom. The van der Waals surface area contributed by atoms with E-state index in [2.05, 4.69) is 21.3 Å². The maximum atomic E-state index is 12.6. The van der Waals surface area contributed by atoms with E-state index < -0.39 is 134 Å². The largest absolute Gasteiger partial charge is 0.479 e. The lowest BCUT2D eigenvalue weighted by molar-refractivity contribution is -0.331. The minimum atomic E-state index is -2.19. The summed E-state index contributed by atoms with van der Waals surface area (Å²) < 4.78 is 27.9. The van der Waals surface area contributed by atoms with Gasteiger partial charge in [-0.15, -0.1) is 0 Å². The Kier molecular flexibility index (Phi) is 13.1. The summed E-state index contributed by atoms with van der Waals surface area (Å²) in [4.78, 5) is 73.1. The minimum Gasteiger partial charge on any atom is -0.479 e. The Morgan fingerprint density at radius 3 is 1.50 bits per heavy atom. The molecular weight excluding hydrogens is 656 g/mol. The van der Waals surface area contributed by atoms with Crippen molar-refractivity contribution in [2.45, 2.75) is 120 Å². The molecule has 0 radical (unpaired) electrons. The van der Waals surface area contributed by atoms with E-state index in [9.17, 15) is 64.5 Å². The number of aliphatic hydroxyl groups excluding tert-OH is 5. The maximum Gasteiger partial charge on any atom is 0.335 e. The molecule has 4 amide bonds. The quantitative estimate of drug-likeness (QED) is 0.0956. The Labute approximate surface area is 271 Å². The first-order valence-electron chi connectivity index (χ1n) is 14.5. The first kappa shape index (κ1) is 38.9. The van der Waals surface area contributed by atoms with Gasteiger partial charge in [0, 0.05) is 27.7 Å². The van der Waals surface area contributed by atoms with Crippen LogP contribution < -0.4 is 21.3 Å². The molecular formula is C26H40N4O18. The molecule has 0 aromatic carbocycles. The smallest absolute Gasteiger partial charge is 0.335 e. The van der Waals surface area contributed by atoms with Crippen LogP contribution in [0.3, 0.4) is 0 Å². The molecule has 3 saturated heterocycles. The zero-order chi connectivity index (χ0) is 36.2. The molecule has 0 saturated carbocycles. The normalized spacial score (nSPS) is 39.8. The van der Waals surface area contributed by atoms with Gasteiger partial charge in [0.25, 0.3) is 0 Å². The Bertz CT molecular complexity index is 1220. The second kappa shape index (κ2) is 16.2. The zero-order valence-electron chi connectivity index (χ0n) is 26.0. The number of carboxylic acids is 2. The molecule has 3 rings (SSSR count). The average Bonchev–Trinajstić information content (AvgIpc) is 2.97. The van der Waals surface area contributed by atoms with Crippen molar-refractivity contribution in [2.24, 2.45) is 0 Å². The number of hydrogen-bond donors (Lipinski definition) is 11. The summed E-state index contributed by atoms with van der Waals surface area (Å²) in [5, 5.41) is 81.2. The molecule has 22 nitrogen and oxygen atoms in total. The predicted molar refractivity (Wildman–Crippen MR) is 149 cm³/mol. The number of ether oxygens (including phenoxy) is 5. The van der Waals surface area contributed by atoms with Crippen LogP contribution >= 0.6 is 0 Å². The van der Waals surface area contributed by atoms with Gasteiger partial charge in [-0.1, -0.05) is 0 Å². The topological polar surface area (TPSA) is 338 Å². The van der Waals surface area contributed by atoms with Crippen LogP contribution in [0.4, 0.5) is 0 Å². The summed E-state index contributed by atoms with van der Waals surface area (Å²) in [5.41, 5.74) is 0. The Balaban J connectivity index is 2.10. The maximum absolute atomic E-state index is 12.6. The lowest BCUT2D eigenvalue weighted by Crippen LogP contribution is -2.74. The van der Waals surface area contributed by atoms with Gasteiger partial charge in [0.1, 0.15) is 54.7 Å². The minimum absolute atomic E-state index is 0.727. The Morgan fingerprint density at radius 2 is 1.00 bits per heavy atom. The van der Waals surface area contributed by atoms with Gasteiger partial charge in [-0.2, -0.15) is 0 Å². The van der Waals surface area contributed by atoms with Crippen LogP contribution in [-0.4, -0.2) is 170 Å². The third-order valence-electron chi connectivity index (χ3n) is 7.64. The van der Waals surface area contributed by atoms with E-state index in [4.69, 9.17) is 23.7 Å². The molecule has 48 heavy (non-hydrogen) atoms. The molecule has 3 aliphatic rings. The molecule has 3 fully saturated rings. The molecule has 272 valence electrons. The lowest BCUT2D eigenvalue weighted by Gasteiger charge is -2.50. The van der Waals surface area contributed by atoms with Crippen molar-refractivity contribution in [3.8, 4) is 0 Å². The first-order valence-corrected chi connectivity index (χ1v) is 14.5. The van der Waals surface area contributed by atoms with Crippen LogP contribution in [-0.2, 0) is 52.5 Å². The highest BCUT2D eigenvalue weighted by Gasteiger charge is 2.57. The number of carboxylic acid groups (broad SMARTS) is 2. The summed E-state index contributed by atoms with van der Waals surface area (Å²) in [6.45, 7) is 3.27. The number of amides is 4. The number of carbonyl (C=O) groups excluding carboxylic acids is 4. The zero-order valence-corrected chi connectivity index (χ0v) is 26.0. The Hall–Kier alpha value is -3.58. The number of hydrogen-bond acceptors (Lipinski definition) is 16. The van der Waals surface area contributed by atoms with Crippen LogP contribution in [0.5, 0.6) is 0 Å². The van der Waals surface area contributed by atoms with Crippen LogP contribution in [0.2, 0.25) is 0 Å². The van der Waals surface area contributed by atoms with Crippen LogP contribution in [0.25, 0.3) is 0 Å². The highest BCUT2D eigenvalue weighted by atomic mass is 16.7. The third-order valence-corrected chi connectivity index (χ3v) is 7.64. The van der Waals surface area contributed by atoms with Gasteiger partial charge in [-0.3, -0.25) is 19.2 Å². The van der Waals surface area contributed by atoms with E-state index >= 15 is 0 Å². The summed E-state index contributed by atoms with van der Waals surface area (Å²) in [6, 6.07) is -6.55. The predicted octanol–water partition coefficient (Wildman–Crippen LogP) is -6.81. The molecule has 0 spiro atoms. The highest BCUT2D eigenvalue weighted by molar-refractivity contribution is 5.77. The fourth-order valence-electron chi connectivity index (χ4n) is 5.65. The number of aliphatic hydroxyl groups is 5. The molecule has 0 unspecified atom stereocenters. The SMILES string of the molecule is CC(=O)N[C@@H]1[C@H](O[C@H]2[C@H](NC(C)=O)[C@@H](NC(C)=O)[C@H](O[C@H]3[C@H](O)[C@@H](CO)O[C@@H](O)[C@@H]3NC(C)=O)O[C@@H]2C(=O)O)O[C@H](C(=O)O)[C@@H](O)[C@@H]1O. The summed E-state index contributed by atoms with van der Waals surface area (Å²) in [7, 11) is 0. The van der Waals surface area contributed by atoms with Crippen LogP contribution in [0.15, 0.2) is 0 Å². The van der Waals surface area contributed by atoms with Gasteiger partial charge in [-0.25, -0.2) is 9.59 Å². The molecule has 0 bridgehead atoms. The fraction of sp³-hybridized carbons (Fsp3) is 0.769. The average molecular weight is 697 g/mol. The number of aliphatic carboxylic acids is 2. The molecule has 0 aliphatic carbocycles. The fourth-order valence-corrected chi connectivity index (χ4v) is 5.65. The van der Waals surface area contributed by atoms with Crippen LogP contribution in [0.1, 0.15) is 27.7 Å². The molecule has 15 atom stereocenters. The summed E-state index contributed by atoms with van der Waals surface area (Å²) in [6.07, 6.45) is -21.2. The monoisotopic (exact) mass is 696 g/mol. The van der Waals surface area contributed by atoms with Crippen molar-refractivity contribution < 1.29 is 88.2 Å². The second-order valence-electron chi connectivity index (χ2n) is 11.4. The molecule has 0 aromatic heterocycles. The third kappa shape index (κ3) is 8.90. The summed E-state index contributed by atoms with van der Waals surface area (Å²) >= 11 is 0. The van der Waals surface area contributed by atoms with E-state index in [-0.39, 0.29) is 0 Å². The molecule has 0 aromatic rings. The van der Waals surface area contributed by atoms with E-state index in [0.717, 1.165) is 27.7 Å². The van der Waals surface area contributed by atoms with Gasteiger partial charge >= 0.3 is 11.9 Å². The van der Waals surface area contributed by atoms with Gasteiger partial charge in [0.15, 0.2) is 31.1 Å². The van der Waals surface area contributed by atoms with Crippen LogP contribution in [0, 0.1) is 0 Å². The highest BCUT2D eigenvalue weighted by Crippen LogP contribution is 2.33. The molecule has 22 heteroatoms. The lowest BCUT2D eigenvalue weighted by atomic mass is 9.91. The number of rotatable bonds is 11. The van der Waals surface area contributed by atoms with Gasteiger partial charge in [-0.05, 0) is 0 Å². The van der Waals surface area contributed by atoms with E-state index in [1.807, 2.05) is 0 Å². The second-order valence-corrected chi connectivity index (χ2v) is 11.4. The van der Waals surface area contributed by atoms with E-state index in [0.29, 0.717) is 0 Å². The first-order chi connectivity index (χ1) is 22.4. The van der Waals surface area contributed by atoms with Crippen molar-refractivity contribution >= 4 is 35.6 Å². The van der Waals surface area contributed by atoms with Crippen molar-refractivity contribution in [1.29, 1.82) is 0 Å².